The van der Waals surface area contributed by atoms with Crippen LogP contribution in [0.4, 0.5) is 0 Å². The van der Waals surface area contributed by atoms with Crippen LogP contribution in [0.15, 0.2) is 0 Å². The summed E-state index contributed by atoms with van der Waals surface area (Å²) in [5, 5.41) is 0. The molecule has 0 amide bonds. The van der Waals surface area contributed by atoms with Crippen molar-refractivity contribution in [3.05, 3.63) is 0 Å². The molecule has 2 unspecified atom stereocenters. The average molecular weight is 165 g/mol. The van der Waals surface area contributed by atoms with E-state index in [1.54, 1.807) is 0 Å². The molecule has 0 aromatic heterocycles. The van der Waals surface area contributed by atoms with Gasteiger partial charge in [0.2, 0.25) is 0 Å². The standard InChI is InChI=1S/C6H15O3P/c1-4-6(2)5-9-10(3,7)8/h6H,4-5H2,1-3H3,(H,7,8)/p-1. The molecular weight excluding hydrogens is 151 g/mol. The van der Waals surface area contributed by atoms with Gasteiger partial charge in [-0.15, -0.1) is 0 Å². The van der Waals surface area contributed by atoms with Crippen molar-refractivity contribution in [3.63, 3.8) is 0 Å². The van der Waals surface area contributed by atoms with E-state index in [-0.39, 0.29) is 0 Å². The predicted octanol–water partition coefficient (Wildman–Crippen LogP) is 1.23. The molecule has 4 heteroatoms. The Bertz CT molecular complexity index is 129. The molecule has 3 nitrogen and oxygen atoms in total. The lowest BCUT2D eigenvalue weighted by Gasteiger charge is -2.19. The quantitative estimate of drug-likeness (QED) is 0.588. The van der Waals surface area contributed by atoms with E-state index in [2.05, 4.69) is 4.52 Å². The second kappa shape index (κ2) is 4.12. The van der Waals surface area contributed by atoms with E-state index in [4.69, 9.17) is 0 Å². The maximum Gasteiger partial charge on any atom is 0.131 e. The van der Waals surface area contributed by atoms with Gasteiger partial charge in [-0.1, -0.05) is 20.3 Å². The van der Waals surface area contributed by atoms with Crippen molar-refractivity contribution >= 4 is 7.60 Å². The van der Waals surface area contributed by atoms with Gasteiger partial charge >= 0.3 is 0 Å². The van der Waals surface area contributed by atoms with E-state index in [9.17, 15) is 9.46 Å². The molecule has 0 saturated carbocycles. The molecule has 0 radical (unpaired) electrons. The van der Waals surface area contributed by atoms with Crippen molar-refractivity contribution in [1.29, 1.82) is 0 Å². The van der Waals surface area contributed by atoms with Gasteiger partial charge in [0.15, 0.2) is 0 Å². The van der Waals surface area contributed by atoms with Gasteiger partial charge in [-0.2, -0.15) is 0 Å². The molecule has 0 aliphatic rings. The molecule has 0 spiro atoms. The molecule has 62 valence electrons. The zero-order chi connectivity index (χ0) is 8.20. The molecular formula is C6H14O3P-. The minimum atomic E-state index is -3.48. The van der Waals surface area contributed by atoms with Gasteiger partial charge in [-0.05, 0) is 5.92 Å². The highest BCUT2D eigenvalue weighted by molar-refractivity contribution is 7.50. The van der Waals surface area contributed by atoms with Crippen LogP contribution in [0.1, 0.15) is 20.3 Å². The fourth-order valence-corrected chi connectivity index (χ4v) is 0.906. The molecule has 2 atom stereocenters. The summed E-state index contributed by atoms with van der Waals surface area (Å²) in [5.41, 5.74) is 0. The third kappa shape index (κ3) is 6.27. The van der Waals surface area contributed by atoms with Crippen LogP contribution >= 0.6 is 7.60 Å². The summed E-state index contributed by atoms with van der Waals surface area (Å²) in [4.78, 5) is 10.5. The summed E-state index contributed by atoms with van der Waals surface area (Å²) in [6, 6.07) is 0. The topological polar surface area (TPSA) is 49.4 Å². The highest BCUT2D eigenvalue weighted by atomic mass is 31.2. The van der Waals surface area contributed by atoms with Gasteiger partial charge in [-0.3, -0.25) is 0 Å². The Kier molecular flexibility index (Phi) is 4.18. The minimum Gasteiger partial charge on any atom is -0.779 e. The Hall–Kier alpha value is 0.150. The molecule has 10 heavy (non-hydrogen) atoms. The van der Waals surface area contributed by atoms with Crippen molar-refractivity contribution in [1.82, 2.24) is 0 Å². The maximum atomic E-state index is 10.5. The number of hydrogen-bond acceptors (Lipinski definition) is 3. The SMILES string of the molecule is CCC(C)COP(C)(=O)[O-]. The molecule has 0 rings (SSSR count). The molecule has 0 aromatic rings. The Balaban J connectivity index is 3.46. The van der Waals surface area contributed by atoms with Crippen molar-refractivity contribution < 1.29 is 14.0 Å². The minimum absolute atomic E-state index is 0.313. The third-order valence-corrected chi connectivity index (χ3v) is 1.91. The van der Waals surface area contributed by atoms with Gasteiger partial charge in [0.1, 0.15) is 7.60 Å². The van der Waals surface area contributed by atoms with Crippen molar-refractivity contribution in [3.8, 4) is 0 Å². The number of rotatable bonds is 4. The fraction of sp³-hybridized carbons (Fsp3) is 1.00. The van der Waals surface area contributed by atoms with E-state index >= 15 is 0 Å². The predicted molar refractivity (Wildman–Crippen MR) is 38.9 cm³/mol. The summed E-state index contributed by atoms with van der Waals surface area (Å²) in [7, 11) is -3.48. The highest BCUT2D eigenvalue weighted by Gasteiger charge is 2.02. The van der Waals surface area contributed by atoms with Crippen LogP contribution in [0.25, 0.3) is 0 Å². The molecule has 0 fully saturated rings. The molecule has 0 aromatic carbocycles. The van der Waals surface area contributed by atoms with E-state index < -0.39 is 7.60 Å². The Morgan fingerprint density at radius 1 is 1.70 bits per heavy atom. The summed E-state index contributed by atoms with van der Waals surface area (Å²) < 4.78 is 15.0. The lowest BCUT2D eigenvalue weighted by molar-refractivity contribution is -0.197. The third-order valence-electron chi connectivity index (χ3n) is 1.29. The van der Waals surface area contributed by atoms with Gasteiger partial charge in [0.05, 0.1) is 6.61 Å². The van der Waals surface area contributed by atoms with Gasteiger partial charge < -0.3 is 14.0 Å². The molecule has 0 bridgehead atoms. The summed E-state index contributed by atoms with van der Waals surface area (Å²) in [5.74, 6) is 0.322. The molecule has 0 aliphatic heterocycles. The highest BCUT2D eigenvalue weighted by Crippen LogP contribution is 2.31. The van der Waals surface area contributed by atoms with E-state index in [0.29, 0.717) is 12.5 Å². The van der Waals surface area contributed by atoms with Gasteiger partial charge in [0, 0.05) is 6.66 Å². The Labute approximate surface area is 61.9 Å². The first kappa shape index (κ1) is 10.2. The number of hydrogen-bond donors (Lipinski definition) is 0. The smallest absolute Gasteiger partial charge is 0.131 e. The van der Waals surface area contributed by atoms with E-state index in [1.807, 2.05) is 13.8 Å². The fourth-order valence-electron chi connectivity index (χ4n) is 0.380. The van der Waals surface area contributed by atoms with Crippen molar-refractivity contribution in [2.24, 2.45) is 5.92 Å². The van der Waals surface area contributed by atoms with Crippen LogP contribution in [0.3, 0.4) is 0 Å². The molecule has 0 aliphatic carbocycles. The molecule has 0 saturated heterocycles. The zero-order valence-corrected chi connectivity index (χ0v) is 7.56. The monoisotopic (exact) mass is 165 g/mol. The van der Waals surface area contributed by atoms with E-state index in [0.717, 1.165) is 13.1 Å². The van der Waals surface area contributed by atoms with Crippen LogP contribution in [-0.2, 0) is 9.09 Å². The van der Waals surface area contributed by atoms with Crippen LogP contribution in [0.2, 0.25) is 0 Å². The Morgan fingerprint density at radius 3 is 2.50 bits per heavy atom. The van der Waals surface area contributed by atoms with Crippen LogP contribution in [-0.4, -0.2) is 13.3 Å². The van der Waals surface area contributed by atoms with Crippen molar-refractivity contribution in [2.75, 3.05) is 13.3 Å². The summed E-state index contributed by atoms with van der Waals surface area (Å²) in [6.45, 7) is 5.36. The van der Waals surface area contributed by atoms with Gasteiger partial charge in [-0.25, -0.2) is 0 Å². The molecule has 0 N–H and O–H groups in total. The second-order valence-corrected chi connectivity index (χ2v) is 4.38. The normalized spacial score (nSPS) is 20.0. The van der Waals surface area contributed by atoms with Gasteiger partial charge in [0.25, 0.3) is 0 Å². The van der Waals surface area contributed by atoms with Crippen LogP contribution < -0.4 is 4.89 Å². The van der Waals surface area contributed by atoms with Crippen LogP contribution in [0, 0.1) is 5.92 Å². The lowest BCUT2D eigenvalue weighted by atomic mass is 10.1. The first-order valence-electron chi connectivity index (χ1n) is 3.38. The first-order chi connectivity index (χ1) is 4.45. The largest absolute Gasteiger partial charge is 0.779 e. The maximum absolute atomic E-state index is 10.5. The van der Waals surface area contributed by atoms with E-state index in [1.165, 1.54) is 0 Å². The second-order valence-electron chi connectivity index (χ2n) is 2.58. The Morgan fingerprint density at radius 2 is 2.20 bits per heavy atom. The molecule has 0 heterocycles. The average Bonchev–Trinajstić information content (AvgIpc) is 1.81. The zero-order valence-electron chi connectivity index (χ0n) is 6.66. The van der Waals surface area contributed by atoms with Crippen LogP contribution in [0.5, 0.6) is 0 Å². The first-order valence-corrected chi connectivity index (χ1v) is 5.37. The van der Waals surface area contributed by atoms with Crippen molar-refractivity contribution in [2.45, 2.75) is 20.3 Å². The summed E-state index contributed by atoms with van der Waals surface area (Å²) >= 11 is 0. The summed E-state index contributed by atoms with van der Waals surface area (Å²) in [6.07, 6.45) is 0.944. The lowest BCUT2D eigenvalue weighted by Crippen LogP contribution is -2.08.